The van der Waals surface area contributed by atoms with Crippen LogP contribution in [0.4, 0.5) is 0 Å². The van der Waals surface area contributed by atoms with Gasteiger partial charge in [-0.25, -0.2) is 0 Å². The van der Waals surface area contributed by atoms with Gasteiger partial charge in [0.1, 0.15) is 17.5 Å². The Morgan fingerprint density at radius 3 is 2.78 bits per heavy atom. The van der Waals surface area contributed by atoms with E-state index in [2.05, 4.69) is 5.16 Å². The molecule has 0 aliphatic carbocycles. The van der Waals surface area contributed by atoms with Gasteiger partial charge in [-0.3, -0.25) is 4.79 Å². The predicted octanol–water partition coefficient (Wildman–Crippen LogP) is 4.41. The van der Waals surface area contributed by atoms with Crippen LogP contribution in [0.1, 0.15) is 16.8 Å². The predicted molar refractivity (Wildman–Crippen MR) is 90.2 cm³/mol. The van der Waals surface area contributed by atoms with E-state index in [9.17, 15) is 4.79 Å². The van der Waals surface area contributed by atoms with E-state index in [1.807, 2.05) is 49.4 Å². The van der Waals surface area contributed by atoms with E-state index in [0.717, 1.165) is 10.9 Å². The highest BCUT2D eigenvalue weighted by Crippen LogP contribution is 2.20. The van der Waals surface area contributed by atoms with E-state index in [0.29, 0.717) is 27.8 Å². The van der Waals surface area contributed by atoms with Gasteiger partial charge in [0.2, 0.25) is 0 Å². The molecule has 0 spiro atoms. The third-order valence-electron chi connectivity index (χ3n) is 3.78. The first kappa shape index (κ1) is 13.5. The van der Waals surface area contributed by atoms with E-state index in [1.54, 1.807) is 12.2 Å². The molecule has 0 N–H and O–H groups in total. The molecule has 4 heteroatoms. The van der Waals surface area contributed by atoms with Crippen molar-refractivity contribution in [1.29, 1.82) is 0 Å². The molecule has 4 nitrogen and oxygen atoms in total. The Balaban J connectivity index is 1.81. The normalized spacial score (nSPS) is 11.7. The third kappa shape index (κ3) is 2.34. The van der Waals surface area contributed by atoms with Gasteiger partial charge in [0, 0.05) is 5.39 Å². The minimum atomic E-state index is -0.0565. The number of rotatable bonds is 2. The van der Waals surface area contributed by atoms with Gasteiger partial charge in [-0.1, -0.05) is 28.9 Å². The average Bonchev–Trinajstić information content (AvgIpc) is 2.98. The molecule has 4 aromatic rings. The topological polar surface area (TPSA) is 56.2 Å². The Labute approximate surface area is 131 Å². The molecule has 0 aliphatic rings. The zero-order chi connectivity index (χ0) is 15.8. The van der Waals surface area contributed by atoms with Gasteiger partial charge in [0.15, 0.2) is 11.0 Å². The molecular formula is C19H13NO3. The summed E-state index contributed by atoms with van der Waals surface area (Å²) in [6, 6.07) is 13.2. The molecule has 4 rings (SSSR count). The Hall–Kier alpha value is -3.14. The summed E-state index contributed by atoms with van der Waals surface area (Å²) in [6.45, 7) is 1.95. The number of benzene rings is 2. The van der Waals surface area contributed by atoms with Crippen molar-refractivity contribution in [2.75, 3.05) is 0 Å². The maximum Gasteiger partial charge on any atom is 0.199 e. The molecule has 0 radical (unpaired) electrons. The van der Waals surface area contributed by atoms with Crippen molar-refractivity contribution in [3.63, 3.8) is 0 Å². The van der Waals surface area contributed by atoms with Crippen LogP contribution in [0.15, 0.2) is 62.5 Å². The third-order valence-corrected chi connectivity index (χ3v) is 3.78. The molecule has 0 atom stereocenters. The van der Waals surface area contributed by atoms with Crippen LogP contribution in [0.5, 0.6) is 0 Å². The molecule has 0 amide bonds. The Kier molecular flexibility index (Phi) is 3.08. The van der Waals surface area contributed by atoms with Crippen molar-refractivity contribution in [1.82, 2.24) is 5.16 Å². The number of para-hydroxylation sites is 1. The highest BCUT2D eigenvalue weighted by atomic mass is 16.5. The van der Waals surface area contributed by atoms with E-state index in [1.165, 1.54) is 6.26 Å². The van der Waals surface area contributed by atoms with E-state index < -0.39 is 0 Å². The summed E-state index contributed by atoms with van der Waals surface area (Å²) in [4.78, 5) is 12.5. The van der Waals surface area contributed by atoms with Crippen LogP contribution < -0.4 is 5.43 Å². The average molecular weight is 303 g/mol. The summed E-state index contributed by atoms with van der Waals surface area (Å²) in [5.41, 5.74) is 3.44. The highest BCUT2D eigenvalue weighted by molar-refractivity contribution is 5.88. The highest BCUT2D eigenvalue weighted by Gasteiger charge is 2.07. The first-order valence-electron chi connectivity index (χ1n) is 7.27. The summed E-state index contributed by atoms with van der Waals surface area (Å²) in [7, 11) is 0. The summed E-state index contributed by atoms with van der Waals surface area (Å²) in [5, 5.41) is 5.51. The van der Waals surface area contributed by atoms with Crippen molar-refractivity contribution < 1.29 is 8.94 Å². The quantitative estimate of drug-likeness (QED) is 0.550. The number of hydrogen-bond donors (Lipinski definition) is 0. The largest absolute Gasteiger partial charge is 0.463 e. The van der Waals surface area contributed by atoms with E-state index in [4.69, 9.17) is 8.94 Å². The van der Waals surface area contributed by atoms with Gasteiger partial charge < -0.3 is 8.94 Å². The van der Waals surface area contributed by atoms with Gasteiger partial charge in [-0.15, -0.1) is 0 Å². The Bertz CT molecular complexity index is 1100. The van der Waals surface area contributed by atoms with Crippen molar-refractivity contribution in [3.05, 3.63) is 75.8 Å². The van der Waals surface area contributed by atoms with Gasteiger partial charge in [-0.2, -0.15) is 0 Å². The summed E-state index contributed by atoms with van der Waals surface area (Å²) >= 11 is 0. The van der Waals surface area contributed by atoms with Crippen molar-refractivity contribution in [2.24, 2.45) is 0 Å². The van der Waals surface area contributed by atoms with Crippen LogP contribution in [0.25, 0.3) is 34.1 Å². The van der Waals surface area contributed by atoms with Gasteiger partial charge in [-0.05, 0) is 43.3 Å². The molecule has 0 bridgehead atoms. The van der Waals surface area contributed by atoms with Crippen LogP contribution in [-0.2, 0) is 0 Å². The molecule has 112 valence electrons. The minimum Gasteiger partial charge on any atom is -0.463 e. The molecular weight excluding hydrogens is 290 g/mol. The molecule has 0 aliphatic heterocycles. The van der Waals surface area contributed by atoms with Crippen molar-refractivity contribution in [2.45, 2.75) is 6.92 Å². The summed E-state index contributed by atoms with van der Waals surface area (Å²) < 4.78 is 10.8. The molecule has 2 aromatic carbocycles. The fourth-order valence-electron chi connectivity index (χ4n) is 2.57. The monoisotopic (exact) mass is 303 g/mol. The standard InChI is InChI=1S/C19H13NO3/c1-12-6-9-17-15(10-12)19(21)13(11-22-17)7-8-16-14-4-2-3-5-18(14)23-20-16/h2-11H,1H3/b8-7+. The summed E-state index contributed by atoms with van der Waals surface area (Å²) in [5.74, 6) is 0. The van der Waals surface area contributed by atoms with Gasteiger partial charge in [0.05, 0.1) is 10.9 Å². The number of nitrogens with zero attached hydrogens (tertiary/aromatic N) is 1. The molecule has 0 saturated carbocycles. The Morgan fingerprint density at radius 2 is 1.87 bits per heavy atom. The Morgan fingerprint density at radius 1 is 1.00 bits per heavy atom. The van der Waals surface area contributed by atoms with E-state index in [-0.39, 0.29) is 5.43 Å². The molecule has 0 saturated heterocycles. The van der Waals surface area contributed by atoms with E-state index >= 15 is 0 Å². The second-order valence-corrected chi connectivity index (χ2v) is 5.42. The van der Waals surface area contributed by atoms with Crippen LogP contribution in [-0.4, -0.2) is 5.16 Å². The first-order valence-corrected chi connectivity index (χ1v) is 7.27. The number of hydrogen-bond acceptors (Lipinski definition) is 4. The maximum absolute atomic E-state index is 12.5. The zero-order valence-corrected chi connectivity index (χ0v) is 12.4. The lowest BCUT2D eigenvalue weighted by Gasteiger charge is -1.99. The molecule has 2 heterocycles. The lowest BCUT2D eigenvalue weighted by molar-refractivity contribution is 0.454. The number of aryl methyl sites for hydroxylation is 1. The smallest absolute Gasteiger partial charge is 0.199 e. The van der Waals surface area contributed by atoms with Gasteiger partial charge >= 0.3 is 0 Å². The van der Waals surface area contributed by atoms with Crippen LogP contribution in [0.2, 0.25) is 0 Å². The molecule has 2 aromatic heterocycles. The fraction of sp³-hybridized carbons (Fsp3) is 0.0526. The lowest BCUT2D eigenvalue weighted by atomic mass is 10.1. The van der Waals surface area contributed by atoms with Crippen LogP contribution in [0.3, 0.4) is 0 Å². The second-order valence-electron chi connectivity index (χ2n) is 5.42. The van der Waals surface area contributed by atoms with Crippen molar-refractivity contribution in [3.8, 4) is 0 Å². The molecule has 0 unspecified atom stereocenters. The second kappa shape index (κ2) is 5.25. The molecule has 23 heavy (non-hydrogen) atoms. The van der Waals surface area contributed by atoms with Gasteiger partial charge in [0.25, 0.3) is 0 Å². The summed E-state index contributed by atoms with van der Waals surface area (Å²) in [6.07, 6.45) is 4.94. The molecule has 0 fully saturated rings. The number of aromatic nitrogens is 1. The number of fused-ring (bicyclic) bond motifs is 2. The zero-order valence-electron chi connectivity index (χ0n) is 12.4. The fourth-order valence-corrected chi connectivity index (χ4v) is 2.57. The first-order chi connectivity index (χ1) is 11.2. The van der Waals surface area contributed by atoms with Crippen LogP contribution >= 0.6 is 0 Å². The minimum absolute atomic E-state index is 0.0565. The maximum atomic E-state index is 12.5. The lowest BCUT2D eigenvalue weighted by Crippen LogP contribution is -2.04. The SMILES string of the molecule is Cc1ccc2occ(/C=C/c3noc4ccccc34)c(=O)c2c1. The van der Waals surface area contributed by atoms with Crippen LogP contribution in [0, 0.1) is 6.92 Å². The van der Waals surface area contributed by atoms with Crippen molar-refractivity contribution >= 4 is 34.1 Å².